The molecular weight excluding hydrogens is 316 g/mol. The third-order valence-corrected chi connectivity index (χ3v) is 3.73. The minimum atomic E-state index is 0.267. The Hall–Kier alpha value is -2.78. The molecule has 0 radical (unpaired) electrons. The number of hydrogen-bond donors (Lipinski definition) is 3. The Labute approximate surface area is 148 Å². The van der Waals surface area contributed by atoms with Crippen LogP contribution in [0.4, 0.5) is 11.6 Å². The summed E-state index contributed by atoms with van der Waals surface area (Å²) in [6.45, 7) is 6.40. The van der Waals surface area contributed by atoms with E-state index in [-0.39, 0.29) is 5.75 Å². The van der Waals surface area contributed by atoms with Gasteiger partial charge >= 0.3 is 0 Å². The van der Waals surface area contributed by atoms with Gasteiger partial charge in [0.05, 0.1) is 12.2 Å². The van der Waals surface area contributed by atoms with Crippen LogP contribution in [0.3, 0.4) is 0 Å². The quantitative estimate of drug-likeness (QED) is 0.608. The Morgan fingerprint density at radius 3 is 2.64 bits per heavy atom. The first-order valence-corrected chi connectivity index (χ1v) is 8.39. The minimum Gasteiger partial charge on any atom is -0.508 e. The maximum Gasteiger partial charge on any atom is 0.146 e. The van der Waals surface area contributed by atoms with Gasteiger partial charge in [-0.2, -0.15) is 5.26 Å². The molecular formula is C19H24N4O2. The number of nitrogens with one attached hydrogen (secondary N) is 2. The number of benzene rings is 1. The van der Waals surface area contributed by atoms with Crippen molar-refractivity contribution in [2.24, 2.45) is 0 Å². The van der Waals surface area contributed by atoms with Crippen LogP contribution in [0, 0.1) is 18.3 Å². The lowest BCUT2D eigenvalue weighted by Crippen LogP contribution is -2.14. The van der Waals surface area contributed by atoms with E-state index < -0.39 is 0 Å². The summed E-state index contributed by atoms with van der Waals surface area (Å²) in [5, 5.41) is 25.1. The minimum absolute atomic E-state index is 0.267. The molecule has 1 aromatic carbocycles. The van der Waals surface area contributed by atoms with Crippen LogP contribution in [-0.4, -0.2) is 36.4 Å². The Bertz CT molecular complexity index is 723. The predicted molar refractivity (Wildman–Crippen MR) is 99.0 cm³/mol. The van der Waals surface area contributed by atoms with E-state index in [2.05, 4.69) is 21.7 Å². The first-order chi connectivity index (χ1) is 12.1. The first kappa shape index (κ1) is 18.6. The van der Waals surface area contributed by atoms with E-state index in [4.69, 9.17) is 4.74 Å². The maximum atomic E-state index is 9.34. The monoisotopic (exact) mass is 340 g/mol. The molecule has 1 heterocycles. The van der Waals surface area contributed by atoms with Crippen LogP contribution < -0.4 is 10.6 Å². The maximum absolute atomic E-state index is 9.34. The summed E-state index contributed by atoms with van der Waals surface area (Å²) in [5.41, 5.74) is 2.56. The third-order valence-electron chi connectivity index (χ3n) is 3.73. The molecule has 2 rings (SSSR count). The standard InChI is InChI=1S/C19H24N4O2/c1-3-25-11-10-22-19-17(13-20)14(2)12-18(23-19)21-9-8-15-4-6-16(24)7-5-15/h4-7,12,24H,3,8-11H2,1-2H3,(H2,21,22,23). The van der Waals surface area contributed by atoms with Gasteiger partial charge in [0.1, 0.15) is 23.5 Å². The van der Waals surface area contributed by atoms with Gasteiger partial charge in [0.15, 0.2) is 0 Å². The Balaban J connectivity index is 1.98. The number of nitrogens with zero attached hydrogens (tertiary/aromatic N) is 2. The lowest BCUT2D eigenvalue weighted by Gasteiger charge is -2.13. The Morgan fingerprint density at radius 1 is 1.20 bits per heavy atom. The topological polar surface area (TPSA) is 90.2 Å². The molecule has 0 aliphatic rings. The molecule has 6 heteroatoms. The second-order valence-electron chi connectivity index (χ2n) is 5.63. The van der Waals surface area contributed by atoms with Gasteiger partial charge in [-0.15, -0.1) is 0 Å². The average Bonchev–Trinajstić information content (AvgIpc) is 2.60. The van der Waals surface area contributed by atoms with Crippen LogP contribution in [0.5, 0.6) is 5.75 Å². The molecule has 0 saturated carbocycles. The van der Waals surface area contributed by atoms with Gasteiger partial charge in [-0.1, -0.05) is 12.1 Å². The molecule has 0 aliphatic heterocycles. The average molecular weight is 340 g/mol. The molecule has 0 atom stereocenters. The number of aromatic nitrogens is 1. The van der Waals surface area contributed by atoms with Crippen LogP contribution in [0.25, 0.3) is 0 Å². The number of phenols is 1. The predicted octanol–water partition coefficient (Wildman–Crippen LogP) is 3.07. The number of phenolic OH excluding ortho intramolecular Hbond substituents is 1. The normalized spacial score (nSPS) is 10.3. The van der Waals surface area contributed by atoms with E-state index in [0.717, 1.165) is 23.4 Å². The van der Waals surface area contributed by atoms with E-state index in [1.807, 2.05) is 32.0 Å². The fraction of sp³-hybridized carbons (Fsp3) is 0.368. The lowest BCUT2D eigenvalue weighted by atomic mass is 10.1. The highest BCUT2D eigenvalue weighted by Gasteiger charge is 2.09. The number of ether oxygens (including phenoxy) is 1. The third kappa shape index (κ3) is 5.66. The Morgan fingerprint density at radius 2 is 1.96 bits per heavy atom. The molecule has 3 N–H and O–H groups in total. The molecule has 0 spiro atoms. The zero-order valence-electron chi connectivity index (χ0n) is 14.7. The van der Waals surface area contributed by atoms with Crippen molar-refractivity contribution in [3.63, 3.8) is 0 Å². The van der Waals surface area contributed by atoms with Gasteiger partial charge in [-0.05, 0) is 49.6 Å². The van der Waals surface area contributed by atoms with Gasteiger partial charge in [0.25, 0.3) is 0 Å². The number of pyridine rings is 1. The fourth-order valence-electron chi connectivity index (χ4n) is 2.42. The van der Waals surface area contributed by atoms with Crippen molar-refractivity contribution in [2.75, 3.05) is 36.9 Å². The summed E-state index contributed by atoms with van der Waals surface area (Å²) in [7, 11) is 0. The van der Waals surface area contributed by atoms with Gasteiger partial charge < -0.3 is 20.5 Å². The van der Waals surface area contributed by atoms with E-state index in [9.17, 15) is 10.4 Å². The van der Waals surface area contributed by atoms with Crippen molar-refractivity contribution < 1.29 is 9.84 Å². The first-order valence-electron chi connectivity index (χ1n) is 8.39. The van der Waals surface area contributed by atoms with Gasteiger partial charge in [-0.25, -0.2) is 4.98 Å². The van der Waals surface area contributed by atoms with Gasteiger partial charge in [0, 0.05) is 19.7 Å². The molecule has 0 fully saturated rings. The van der Waals surface area contributed by atoms with E-state index in [1.165, 1.54) is 0 Å². The van der Waals surface area contributed by atoms with Gasteiger partial charge in [-0.3, -0.25) is 0 Å². The van der Waals surface area contributed by atoms with Crippen molar-refractivity contribution in [3.05, 3.63) is 47.0 Å². The van der Waals surface area contributed by atoms with Crippen molar-refractivity contribution >= 4 is 11.6 Å². The number of nitriles is 1. The summed E-state index contributed by atoms with van der Waals surface area (Å²) < 4.78 is 5.30. The molecule has 0 bridgehead atoms. The largest absolute Gasteiger partial charge is 0.508 e. The second kappa shape index (κ2) is 9.50. The molecule has 2 aromatic rings. The van der Waals surface area contributed by atoms with Crippen LogP contribution in [0.2, 0.25) is 0 Å². The Kier molecular flexibility index (Phi) is 7.05. The van der Waals surface area contributed by atoms with Crippen LogP contribution >= 0.6 is 0 Å². The molecule has 0 unspecified atom stereocenters. The molecule has 0 aliphatic carbocycles. The number of anilines is 2. The molecule has 0 saturated heterocycles. The van der Waals surface area contributed by atoms with Gasteiger partial charge in [0.2, 0.25) is 0 Å². The number of aromatic hydroxyl groups is 1. The summed E-state index contributed by atoms with van der Waals surface area (Å²) in [5.74, 6) is 1.58. The zero-order valence-corrected chi connectivity index (χ0v) is 14.7. The van der Waals surface area contributed by atoms with Crippen molar-refractivity contribution in [2.45, 2.75) is 20.3 Å². The van der Waals surface area contributed by atoms with Crippen LogP contribution in [0.15, 0.2) is 30.3 Å². The molecule has 0 amide bonds. The highest BCUT2D eigenvalue weighted by molar-refractivity contribution is 5.60. The highest BCUT2D eigenvalue weighted by Crippen LogP contribution is 2.20. The zero-order chi connectivity index (χ0) is 18.1. The SMILES string of the molecule is CCOCCNc1nc(NCCc2ccc(O)cc2)cc(C)c1C#N. The molecule has 1 aromatic heterocycles. The van der Waals surface area contributed by atoms with Crippen LogP contribution in [-0.2, 0) is 11.2 Å². The van der Waals surface area contributed by atoms with Crippen molar-refractivity contribution in [1.82, 2.24) is 4.98 Å². The van der Waals surface area contributed by atoms with Crippen LogP contribution in [0.1, 0.15) is 23.6 Å². The van der Waals surface area contributed by atoms with E-state index >= 15 is 0 Å². The number of aryl methyl sites for hydroxylation is 1. The van der Waals surface area contributed by atoms with Crippen molar-refractivity contribution in [1.29, 1.82) is 5.26 Å². The van der Waals surface area contributed by atoms with E-state index in [1.54, 1.807) is 12.1 Å². The number of rotatable bonds is 9. The second-order valence-corrected chi connectivity index (χ2v) is 5.63. The molecule has 6 nitrogen and oxygen atoms in total. The summed E-state index contributed by atoms with van der Waals surface area (Å²) >= 11 is 0. The highest BCUT2D eigenvalue weighted by atomic mass is 16.5. The summed E-state index contributed by atoms with van der Waals surface area (Å²) in [6.07, 6.45) is 0.814. The molecule has 25 heavy (non-hydrogen) atoms. The summed E-state index contributed by atoms with van der Waals surface area (Å²) in [4.78, 5) is 4.51. The van der Waals surface area contributed by atoms with E-state index in [0.29, 0.717) is 37.7 Å². The summed E-state index contributed by atoms with van der Waals surface area (Å²) in [6, 6.07) is 11.2. The molecule has 132 valence electrons. The van der Waals surface area contributed by atoms with Crippen molar-refractivity contribution in [3.8, 4) is 11.8 Å². The lowest BCUT2D eigenvalue weighted by molar-refractivity contribution is 0.158. The number of hydrogen-bond acceptors (Lipinski definition) is 6. The smallest absolute Gasteiger partial charge is 0.146 e. The fourth-order valence-corrected chi connectivity index (χ4v) is 2.42.